The van der Waals surface area contributed by atoms with E-state index in [0.29, 0.717) is 42.2 Å². The first-order valence-corrected chi connectivity index (χ1v) is 16.1. The second-order valence-corrected chi connectivity index (χ2v) is 13.2. The van der Waals surface area contributed by atoms with Gasteiger partial charge in [0.15, 0.2) is 5.82 Å². The molecular weight excluding hydrogens is 612 g/mol. The zero-order valence-electron chi connectivity index (χ0n) is 27.6. The number of aromatic nitrogens is 5. The molecule has 3 amide bonds. The molecule has 0 saturated heterocycles. The molecule has 252 valence electrons. The molecule has 48 heavy (non-hydrogen) atoms. The molecule has 4 aromatic rings. The van der Waals surface area contributed by atoms with E-state index in [1.54, 1.807) is 30.3 Å². The topological polar surface area (TPSA) is 189 Å². The predicted octanol–water partition coefficient (Wildman–Crippen LogP) is 4.70. The summed E-state index contributed by atoms with van der Waals surface area (Å²) in [5, 5.41) is 26.4. The first-order valence-electron chi connectivity index (χ1n) is 16.1. The van der Waals surface area contributed by atoms with Gasteiger partial charge in [-0.15, -0.1) is 5.10 Å². The van der Waals surface area contributed by atoms with Crippen molar-refractivity contribution in [3.8, 4) is 28.4 Å². The van der Waals surface area contributed by atoms with E-state index in [9.17, 15) is 19.5 Å². The third kappa shape index (κ3) is 8.59. The molecule has 13 nitrogen and oxygen atoms in total. The number of nitrogens with two attached hydrogens (primary N) is 1. The molecule has 1 fully saturated rings. The number of carbonyl (C=O) groups excluding carboxylic acids is 3. The first-order chi connectivity index (χ1) is 22.9. The minimum absolute atomic E-state index is 0.0544. The van der Waals surface area contributed by atoms with Gasteiger partial charge in [0.05, 0.1) is 11.7 Å². The summed E-state index contributed by atoms with van der Waals surface area (Å²) in [6.45, 7) is 7.72. The van der Waals surface area contributed by atoms with Gasteiger partial charge < -0.3 is 20.9 Å². The third-order valence-corrected chi connectivity index (χ3v) is 8.40. The fourth-order valence-corrected chi connectivity index (χ4v) is 5.98. The summed E-state index contributed by atoms with van der Waals surface area (Å²) in [5.41, 5.74) is 10.3. The Hall–Kier alpha value is -5.17. The minimum atomic E-state index is -1.00. The average molecular weight is 655 g/mol. The molecule has 1 atom stereocenters. The number of amides is 3. The molecule has 1 saturated carbocycles. The number of hydrogen-bond donors (Lipinski definition) is 4. The molecule has 5 rings (SSSR count). The standard InChI is InChI=1S/C35H42N8O5/c1-21-28(16-17-30(44)38-21)26-7-5-6-23(18-26)19-29(36)33(46)43(27-14-12-24(13-15-27)31-39-41-42-40-31)32(45)25-10-8-22(9-11-25)20-37-34(47)48-35(2,3)4/h5-7,12-18,22,25,29H,8-11,19-20,36H2,1-4H3,(H,37,47)(H,38,44)(H,39,40,41,42)/t22-,25-,29-/m0/s1. The number of aromatic hydroxyl groups is 1. The van der Waals surface area contributed by atoms with Gasteiger partial charge in [0.25, 0.3) is 5.91 Å². The summed E-state index contributed by atoms with van der Waals surface area (Å²) in [7, 11) is 0. The second kappa shape index (κ2) is 14.7. The smallest absolute Gasteiger partial charge is 0.407 e. The van der Waals surface area contributed by atoms with Crippen molar-refractivity contribution in [2.24, 2.45) is 17.6 Å². The number of nitrogens with one attached hydrogen (secondary N) is 2. The van der Waals surface area contributed by atoms with Crippen molar-refractivity contribution in [2.45, 2.75) is 71.4 Å². The van der Waals surface area contributed by atoms with Crippen LogP contribution in [0.2, 0.25) is 0 Å². The number of imide groups is 1. The average Bonchev–Trinajstić information content (AvgIpc) is 3.59. The van der Waals surface area contributed by atoms with E-state index in [-0.39, 0.29) is 30.0 Å². The van der Waals surface area contributed by atoms with Crippen molar-refractivity contribution in [2.75, 3.05) is 11.4 Å². The Kier molecular flexibility index (Phi) is 10.5. The number of carbonyl (C=O) groups is 3. The van der Waals surface area contributed by atoms with Gasteiger partial charge >= 0.3 is 6.09 Å². The Labute approximate surface area is 279 Å². The van der Waals surface area contributed by atoms with E-state index < -0.39 is 23.6 Å². The lowest BCUT2D eigenvalue weighted by atomic mass is 9.81. The zero-order chi connectivity index (χ0) is 34.4. The number of rotatable bonds is 9. The van der Waals surface area contributed by atoms with E-state index in [1.807, 2.05) is 52.0 Å². The zero-order valence-corrected chi connectivity index (χ0v) is 27.6. The number of H-pyrrole nitrogens is 1. The maximum atomic E-state index is 14.1. The van der Waals surface area contributed by atoms with Crippen molar-refractivity contribution in [3.05, 3.63) is 71.9 Å². The predicted molar refractivity (Wildman–Crippen MR) is 180 cm³/mol. The molecule has 2 aromatic heterocycles. The molecule has 0 aliphatic heterocycles. The lowest BCUT2D eigenvalue weighted by Gasteiger charge is -2.32. The Morgan fingerprint density at radius 2 is 1.77 bits per heavy atom. The Bertz CT molecular complexity index is 1730. The maximum Gasteiger partial charge on any atom is 0.407 e. The van der Waals surface area contributed by atoms with Crippen LogP contribution >= 0.6 is 0 Å². The number of pyridine rings is 1. The van der Waals surface area contributed by atoms with Crippen LogP contribution in [-0.2, 0) is 20.7 Å². The summed E-state index contributed by atoms with van der Waals surface area (Å²) in [4.78, 5) is 45.7. The summed E-state index contributed by atoms with van der Waals surface area (Å²) in [5.74, 6) is -0.591. The maximum absolute atomic E-state index is 14.1. The molecule has 0 spiro atoms. The van der Waals surface area contributed by atoms with Crippen molar-refractivity contribution < 1.29 is 24.2 Å². The van der Waals surface area contributed by atoms with E-state index in [0.717, 1.165) is 29.5 Å². The number of ether oxygens (including phenoxy) is 1. The highest BCUT2D eigenvalue weighted by Crippen LogP contribution is 2.32. The molecule has 0 radical (unpaired) electrons. The molecule has 2 aromatic carbocycles. The van der Waals surface area contributed by atoms with Gasteiger partial charge in [-0.3, -0.25) is 9.59 Å². The van der Waals surface area contributed by atoms with Gasteiger partial charge in [0.1, 0.15) is 5.60 Å². The molecule has 0 bridgehead atoms. The van der Waals surface area contributed by atoms with Gasteiger partial charge in [0, 0.05) is 35.3 Å². The third-order valence-electron chi connectivity index (χ3n) is 8.40. The lowest BCUT2D eigenvalue weighted by molar-refractivity contribution is -0.130. The van der Waals surface area contributed by atoms with E-state index in [1.165, 1.54) is 11.0 Å². The fourth-order valence-electron chi connectivity index (χ4n) is 5.98. The highest BCUT2D eigenvalue weighted by atomic mass is 16.6. The van der Waals surface area contributed by atoms with Gasteiger partial charge in [-0.05, 0) is 118 Å². The van der Waals surface area contributed by atoms with Gasteiger partial charge in [-0.1, -0.05) is 24.3 Å². The normalized spacial score (nSPS) is 16.9. The van der Waals surface area contributed by atoms with E-state index in [4.69, 9.17) is 10.5 Å². The number of anilines is 1. The van der Waals surface area contributed by atoms with E-state index >= 15 is 0 Å². The van der Waals surface area contributed by atoms with E-state index in [2.05, 4.69) is 30.9 Å². The van der Waals surface area contributed by atoms with Crippen molar-refractivity contribution in [3.63, 3.8) is 0 Å². The van der Waals surface area contributed by atoms with Crippen LogP contribution < -0.4 is 16.0 Å². The summed E-state index contributed by atoms with van der Waals surface area (Å²) in [6.07, 6.45) is 2.32. The number of tetrazole rings is 1. The number of alkyl carbamates (subject to hydrolysis) is 1. The van der Waals surface area contributed by atoms with Crippen LogP contribution in [0.4, 0.5) is 10.5 Å². The molecule has 2 heterocycles. The summed E-state index contributed by atoms with van der Waals surface area (Å²) in [6, 6.07) is 16.8. The summed E-state index contributed by atoms with van der Waals surface area (Å²) < 4.78 is 5.35. The fraction of sp³-hybridized carbons (Fsp3) is 0.400. The van der Waals surface area contributed by atoms with Crippen LogP contribution in [0.3, 0.4) is 0 Å². The van der Waals surface area contributed by atoms with Crippen LogP contribution in [0, 0.1) is 18.8 Å². The van der Waals surface area contributed by atoms with Crippen molar-refractivity contribution >= 4 is 23.6 Å². The van der Waals surface area contributed by atoms with Crippen LogP contribution in [0.5, 0.6) is 5.88 Å². The molecule has 1 aliphatic rings. The number of benzene rings is 2. The highest BCUT2D eigenvalue weighted by molar-refractivity contribution is 6.17. The van der Waals surface area contributed by atoms with Gasteiger partial charge in [0.2, 0.25) is 11.8 Å². The van der Waals surface area contributed by atoms with Crippen LogP contribution in [0.1, 0.15) is 57.7 Å². The second-order valence-electron chi connectivity index (χ2n) is 13.2. The number of hydrogen-bond acceptors (Lipinski definition) is 10. The Morgan fingerprint density at radius 1 is 1.04 bits per heavy atom. The highest BCUT2D eigenvalue weighted by Gasteiger charge is 2.35. The molecular formula is C35H42N8O5. The molecule has 1 aliphatic carbocycles. The molecule has 0 unspecified atom stereocenters. The monoisotopic (exact) mass is 654 g/mol. The lowest BCUT2D eigenvalue weighted by Crippen LogP contribution is -2.50. The van der Waals surface area contributed by atoms with Crippen molar-refractivity contribution in [1.29, 1.82) is 0 Å². The molecule has 13 heteroatoms. The largest absolute Gasteiger partial charge is 0.493 e. The quantitative estimate of drug-likeness (QED) is 0.197. The minimum Gasteiger partial charge on any atom is -0.493 e. The van der Waals surface area contributed by atoms with Crippen LogP contribution in [0.25, 0.3) is 22.5 Å². The Morgan fingerprint density at radius 3 is 2.42 bits per heavy atom. The summed E-state index contributed by atoms with van der Waals surface area (Å²) >= 11 is 0. The number of nitrogens with zero attached hydrogens (tertiary/aromatic N) is 5. The van der Waals surface area contributed by atoms with Gasteiger partial charge in [-0.2, -0.15) is 0 Å². The van der Waals surface area contributed by atoms with Gasteiger partial charge in [-0.25, -0.2) is 19.8 Å². The van der Waals surface area contributed by atoms with Crippen molar-refractivity contribution in [1.82, 2.24) is 30.9 Å². The molecule has 5 N–H and O–H groups in total. The first kappa shape index (κ1) is 34.2. The number of aromatic amines is 1. The van der Waals surface area contributed by atoms with Crippen LogP contribution in [-0.4, -0.2) is 66.8 Å². The SMILES string of the molecule is Cc1nc(O)ccc1-c1cccc(C[C@H](N)C(=O)N(c2ccc(-c3nnn[nH]3)cc2)C(=O)[C@H]2CC[C@H](CNC(=O)OC(C)(C)C)CC2)c1. The van der Waals surface area contributed by atoms with Crippen LogP contribution in [0.15, 0.2) is 60.7 Å². The Balaban J connectivity index is 1.31. The number of aryl methyl sites for hydroxylation is 1.